The molecule has 4 heterocycles. The number of hydrogen-bond donors (Lipinski definition) is 0. The second-order valence-corrected chi connectivity index (χ2v) is 8.65. The first-order chi connectivity index (χ1) is 14.7. The molecule has 0 fully saturated rings. The van der Waals surface area contributed by atoms with Gasteiger partial charge in [0.2, 0.25) is 5.76 Å². The van der Waals surface area contributed by atoms with Crippen LogP contribution in [0.15, 0.2) is 74.9 Å². The number of benzene rings is 1. The van der Waals surface area contributed by atoms with Crippen LogP contribution < -0.4 is 0 Å². The molecule has 150 valence electrons. The number of rotatable bonds is 5. The van der Waals surface area contributed by atoms with Crippen molar-refractivity contribution in [2.45, 2.75) is 12.5 Å². The van der Waals surface area contributed by atoms with Gasteiger partial charge >= 0.3 is 5.97 Å². The Hall–Kier alpha value is -3.23. The van der Waals surface area contributed by atoms with Crippen molar-refractivity contribution < 1.29 is 18.7 Å². The summed E-state index contributed by atoms with van der Waals surface area (Å²) in [6.45, 7) is -0.404. The first-order valence-corrected chi connectivity index (χ1v) is 11.1. The number of thiophene rings is 2. The van der Waals surface area contributed by atoms with Crippen LogP contribution in [0, 0.1) is 0 Å². The van der Waals surface area contributed by atoms with Crippen molar-refractivity contribution >= 4 is 51.2 Å². The molecule has 1 amide bonds. The SMILES string of the molecule is O=C(OCC(=O)N1N=C(c2cccs2)C[C@@H]1c1cccs1)c1cc2ccccc2o1. The second kappa shape index (κ2) is 7.89. The third-order valence-corrected chi connectivity index (χ3v) is 6.69. The minimum atomic E-state index is -0.672. The van der Waals surface area contributed by atoms with Crippen LogP contribution in [0.4, 0.5) is 0 Å². The van der Waals surface area contributed by atoms with Crippen molar-refractivity contribution in [2.75, 3.05) is 6.61 Å². The molecule has 0 saturated carbocycles. The van der Waals surface area contributed by atoms with Gasteiger partial charge in [-0.3, -0.25) is 4.79 Å². The molecule has 1 aliphatic rings. The summed E-state index contributed by atoms with van der Waals surface area (Å²) in [6, 6.07) is 16.6. The monoisotopic (exact) mass is 436 g/mol. The quantitative estimate of drug-likeness (QED) is 0.409. The summed E-state index contributed by atoms with van der Waals surface area (Å²) in [5.74, 6) is -0.971. The zero-order valence-electron chi connectivity index (χ0n) is 15.7. The molecule has 1 aliphatic heterocycles. The number of nitrogens with zero attached hydrogens (tertiary/aromatic N) is 2. The molecule has 5 rings (SSSR count). The van der Waals surface area contributed by atoms with Crippen LogP contribution in [0.25, 0.3) is 11.0 Å². The van der Waals surface area contributed by atoms with Crippen molar-refractivity contribution in [3.63, 3.8) is 0 Å². The Bertz CT molecular complexity index is 1190. The largest absolute Gasteiger partial charge is 0.450 e. The Morgan fingerprint density at radius 1 is 1.10 bits per heavy atom. The van der Waals surface area contributed by atoms with Gasteiger partial charge < -0.3 is 9.15 Å². The molecule has 1 atom stereocenters. The van der Waals surface area contributed by atoms with E-state index in [1.54, 1.807) is 34.8 Å². The number of carbonyl (C=O) groups is 2. The summed E-state index contributed by atoms with van der Waals surface area (Å²) in [5.41, 5.74) is 1.46. The maximum absolute atomic E-state index is 12.9. The molecule has 3 aromatic heterocycles. The fourth-order valence-corrected chi connectivity index (χ4v) is 4.91. The number of hydrogen-bond acceptors (Lipinski definition) is 7. The average molecular weight is 437 g/mol. The van der Waals surface area contributed by atoms with Crippen LogP contribution in [0.1, 0.15) is 32.8 Å². The highest BCUT2D eigenvalue weighted by Crippen LogP contribution is 2.36. The highest BCUT2D eigenvalue weighted by atomic mass is 32.1. The highest BCUT2D eigenvalue weighted by molar-refractivity contribution is 7.12. The maximum atomic E-state index is 12.9. The Kier molecular flexibility index (Phi) is 4.94. The molecule has 0 spiro atoms. The lowest BCUT2D eigenvalue weighted by atomic mass is 10.1. The standard InChI is InChI=1S/C22H16N2O4S2/c25-21(13-27-22(26)18-11-14-5-1-2-6-17(14)28-18)24-16(20-8-4-10-30-20)12-15(23-24)19-7-3-9-29-19/h1-11,16H,12-13H2/t16-/m1/s1. The summed E-state index contributed by atoms with van der Waals surface area (Å²) >= 11 is 3.17. The molecule has 4 aromatic rings. The lowest BCUT2D eigenvalue weighted by molar-refractivity contribution is -0.136. The summed E-state index contributed by atoms with van der Waals surface area (Å²) in [6.07, 6.45) is 0.629. The maximum Gasteiger partial charge on any atom is 0.374 e. The smallest absolute Gasteiger partial charge is 0.374 e. The van der Waals surface area contributed by atoms with Gasteiger partial charge in [0.05, 0.1) is 16.6 Å². The minimum Gasteiger partial charge on any atom is -0.450 e. The van der Waals surface area contributed by atoms with Crippen LogP contribution in [-0.4, -0.2) is 29.2 Å². The molecule has 0 radical (unpaired) electrons. The number of esters is 1. The first-order valence-electron chi connectivity index (χ1n) is 9.31. The molecule has 0 saturated heterocycles. The molecule has 0 aliphatic carbocycles. The van der Waals surface area contributed by atoms with Crippen molar-refractivity contribution in [2.24, 2.45) is 5.10 Å². The van der Waals surface area contributed by atoms with E-state index in [1.807, 2.05) is 53.2 Å². The third-order valence-electron chi connectivity index (χ3n) is 4.80. The predicted octanol–water partition coefficient (Wildman–Crippen LogP) is 5.09. The molecular weight excluding hydrogens is 420 g/mol. The predicted molar refractivity (Wildman–Crippen MR) is 116 cm³/mol. The van der Waals surface area contributed by atoms with E-state index >= 15 is 0 Å². The minimum absolute atomic E-state index is 0.0722. The van der Waals surface area contributed by atoms with Gasteiger partial charge in [0.1, 0.15) is 5.58 Å². The topological polar surface area (TPSA) is 72.1 Å². The second-order valence-electron chi connectivity index (χ2n) is 6.72. The fraction of sp³-hybridized carbons (Fsp3) is 0.136. The number of ether oxygens (including phenoxy) is 1. The molecule has 1 aromatic carbocycles. The van der Waals surface area contributed by atoms with E-state index < -0.39 is 12.6 Å². The van der Waals surface area contributed by atoms with Gasteiger partial charge in [0.25, 0.3) is 5.91 Å². The molecule has 6 nitrogen and oxygen atoms in total. The Labute approximate surface area is 180 Å². The molecule has 0 bridgehead atoms. The van der Waals surface area contributed by atoms with Gasteiger partial charge in [-0.15, -0.1) is 22.7 Å². The fourth-order valence-electron chi connectivity index (χ4n) is 3.38. The number of fused-ring (bicyclic) bond motifs is 1. The lowest BCUT2D eigenvalue weighted by Crippen LogP contribution is -2.31. The van der Waals surface area contributed by atoms with E-state index in [0.717, 1.165) is 20.9 Å². The van der Waals surface area contributed by atoms with Crippen LogP contribution in [0.3, 0.4) is 0 Å². The van der Waals surface area contributed by atoms with E-state index in [1.165, 1.54) is 5.01 Å². The summed E-state index contributed by atoms with van der Waals surface area (Å²) in [5, 5.41) is 10.8. The van der Waals surface area contributed by atoms with Gasteiger partial charge in [0.15, 0.2) is 6.61 Å². The normalized spacial score (nSPS) is 16.1. The summed E-state index contributed by atoms with van der Waals surface area (Å²) in [7, 11) is 0. The molecular formula is C22H16N2O4S2. The van der Waals surface area contributed by atoms with E-state index in [9.17, 15) is 9.59 Å². The molecule has 0 N–H and O–H groups in total. The average Bonchev–Trinajstić information content (AvgIpc) is 3.56. The van der Waals surface area contributed by atoms with E-state index in [4.69, 9.17) is 9.15 Å². The van der Waals surface area contributed by atoms with E-state index in [0.29, 0.717) is 12.0 Å². The molecule has 8 heteroatoms. The van der Waals surface area contributed by atoms with E-state index in [-0.39, 0.29) is 17.7 Å². The number of carbonyl (C=O) groups excluding carboxylic acids is 2. The van der Waals surface area contributed by atoms with Gasteiger partial charge in [-0.2, -0.15) is 5.10 Å². The summed E-state index contributed by atoms with van der Waals surface area (Å²) < 4.78 is 10.7. The lowest BCUT2D eigenvalue weighted by Gasteiger charge is -2.20. The van der Waals surface area contributed by atoms with Gasteiger partial charge in [-0.25, -0.2) is 9.80 Å². The molecule has 0 unspecified atom stereocenters. The van der Waals surface area contributed by atoms with Crippen LogP contribution in [-0.2, 0) is 9.53 Å². The van der Waals surface area contributed by atoms with E-state index in [2.05, 4.69) is 5.10 Å². The van der Waals surface area contributed by atoms with Gasteiger partial charge in [-0.1, -0.05) is 30.3 Å². The number of para-hydroxylation sites is 1. The summed E-state index contributed by atoms with van der Waals surface area (Å²) in [4.78, 5) is 27.3. The van der Waals surface area contributed by atoms with Crippen LogP contribution in [0.2, 0.25) is 0 Å². The molecule has 30 heavy (non-hydrogen) atoms. The van der Waals surface area contributed by atoms with Crippen LogP contribution in [0.5, 0.6) is 0 Å². The third kappa shape index (κ3) is 3.55. The Balaban J connectivity index is 1.32. The Morgan fingerprint density at radius 3 is 2.70 bits per heavy atom. The number of furan rings is 1. The highest BCUT2D eigenvalue weighted by Gasteiger charge is 2.34. The van der Waals surface area contributed by atoms with Crippen LogP contribution >= 0.6 is 22.7 Å². The number of amides is 1. The van der Waals surface area contributed by atoms with Crippen molar-refractivity contribution in [1.82, 2.24) is 5.01 Å². The first kappa shape index (κ1) is 18.8. The van der Waals surface area contributed by atoms with Gasteiger partial charge in [-0.05, 0) is 35.0 Å². The van der Waals surface area contributed by atoms with Gasteiger partial charge in [0, 0.05) is 16.7 Å². The number of hydrazone groups is 1. The van der Waals surface area contributed by atoms with Crippen molar-refractivity contribution in [3.8, 4) is 0 Å². The zero-order chi connectivity index (χ0) is 20.5. The van der Waals surface area contributed by atoms with Crippen molar-refractivity contribution in [1.29, 1.82) is 0 Å². The Morgan fingerprint density at radius 2 is 1.93 bits per heavy atom. The van der Waals surface area contributed by atoms with Crippen molar-refractivity contribution in [3.05, 3.63) is 80.9 Å². The zero-order valence-corrected chi connectivity index (χ0v) is 17.3.